The van der Waals surface area contributed by atoms with E-state index in [1.807, 2.05) is 32.0 Å². The first kappa shape index (κ1) is 18.3. The molecule has 0 aromatic heterocycles. The van der Waals surface area contributed by atoms with Gasteiger partial charge in [-0.2, -0.15) is 0 Å². The van der Waals surface area contributed by atoms with E-state index in [1.165, 1.54) is 0 Å². The van der Waals surface area contributed by atoms with Gasteiger partial charge < -0.3 is 14.5 Å². The molecule has 0 spiro atoms. The highest BCUT2D eigenvalue weighted by Crippen LogP contribution is 2.25. The Morgan fingerprint density at radius 1 is 1.23 bits per heavy atom. The molecule has 2 aromatic carbocycles. The molecule has 0 bridgehead atoms. The van der Waals surface area contributed by atoms with Crippen LogP contribution in [0.3, 0.4) is 0 Å². The lowest BCUT2D eigenvalue weighted by Gasteiger charge is -2.39. The summed E-state index contributed by atoms with van der Waals surface area (Å²) >= 11 is 6.04. The number of rotatable bonds is 3. The van der Waals surface area contributed by atoms with Crippen LogP contribution in [0.1, 0.15) is 22.8 Å². The van der Waals surface area contributed by atoms with E-state index in [0.717, 1.165) is 11.3 Å². The molecule has 5 nitrogen and oxygen atoms in total. The van der Waals surface area contributed by atoms with Crippen LogP contribution in [0.5, 0.6) is 5.75 Å². The number of carbonyl (C=O) groups excluding carboxylic acids is 2. The van der Waals surface area contributed by atoms with Crippen molar-refractivity contribution in [3.63, 3.8) is 0 Å². The molecule has 1 aliphatic heterocycles. The van der Waals surface area contributed by atoms with Gasteiger partial charge in [0.05, 0.1) is 7.11 Å². The highest BCUT2D eigenvalue weighted by Gasteiger charge is 2.34. The number of nitrogens with zero attached hydrogens (tertiary/aromatic N) is 2. The molecule has 0 saturated carbocycles. The second-order valence-electron chi connectivity index (χ2n) is 6.45. The molecule has 2 amide bonds. The molecule has 0 aliphatic carbocycles. The normalized spacial score (nSPS) is 17.4. The molecule has 1 atom stereocenters. The van der Waals surface area contributed by atoms with Crippen LogP contribution in [0.15, 0.2) is 42.5 Å². The summed E-state index contributed by atoms with van der Waals surface area (Å²) in [6.07, 6.45) is 0. The number of anilines is 1. The number of halogens is 1. The number of benzene rings is 2. The number of carbonyl (C=O) groups is 2. The van der Waals surface area contributed by atoms with Gasteiger partial charge in [0.2, 0.25) is 5.91 Å². The third-order valence-electron chi connectivity index (χ3n) is 4.63. The summed E-state index contributed by atoms with van der Waals surface area (Å²) in [6.45, 7) is 4.28. The van der Waals surface area contributed by atoms with E-state index in [9.17, 15) is 9.59 Å². The zero-order valence-electron chi connectivity index (χ0n) is 15.0. The predicted octanol–water partition coefficient (Wildman–Crippen LogP) is 3.53. The van der Waals surface area contributed by atoms with E-state index >= 15 is 0 Å². The van der Waals surface area contributed by atoms with Crippen LogP contribution in [0.2, 0.25) is 5.02 Å². The van der Waals surface area contributed by atoms with E-state index in [4.69, 9.17) is 16.3 Å². The van der Waals surface area contributed by atoms with Crippen molar-refractivity contribution in [3.8, 4) is 5.75 Å². The fourth-order valence-electron chi connectivity index (χ4n) is 3.17. The van der Waals surface area contributed by atoms with E-state index in [2.05, 4.69) is 0 Å². The van der Waals surface area contributed by atoms with Crippen LogP contribution in [-0.4, -0.2) is 43.0 Å². The summed E-state index contributed by atoms with van der Waals surface area (Å²) in [7, 11) is 1.59. The molecule has 1 aliphatic rings. The average Bonchev–Trinajstić information content (AvgIpc) is 2.62. The standard InChI is InChI=1S/C20H21ClN2O3/c1-13-9-17(26-3)7-8-18(13)20(25)22-12-19(24)23(11-14(22)2)16-6-4-5-15(21)10-16/h4-10,14H,11-12H2,1-3H3/t14-/m0/s1. The first-order chi connectivity index (χ1) is 12.4. The molecule has 1 fully saturated rings. The summed E-state index contributed by atoms with van der Waals surface area (Å²) in [4.78, 5) is 28.9. The average molecular weight is 373 g/mol. The molecule has 0 radical (unpaired) electrons. The van der Waals surface area contributed by atoms with Crippen LogP contribution in [0.25, 0.3) is 0 Å². The van der Waals surface area contributed by atoms with E-state index < -0.39 is 0 Å². The molecular weight excluding hydrogens is 352 g/mol. The summed E-state index contributed by atoms with van der Waals surface area (Å²) < 4.78 is 5.19. The van der Waals surface area contributed by atoms with E-state index in [0.29, 0.717) is 22.9 Å². The Morgan fingerprint density at radius 3 is 2.65 bits per heavy atom. The highest BCUT2D eigenvalue weighted by molar-refractivity contribution is 6.30. The zero-order valence-corrected chi connectivity index (χ0v) is 15.8. The Hall–Kier alpha value is -2.53. The number of ether oxygens (including phenoxy) is 1. The Labute approximate surface area is 158 Å². The van der Waals surface area contributed by atoms with Crippen LogP contribution in [-0.2, 0) is 4.79 Å². The fraction of sp³-hybridized carbons (Fsp3) is 0.300. The molecule has 3 rings (SSSR count). The second kappa shape index (κ2) is 7.38. The van der Waals surface area contributed by atoms with E-state index in [1.54, 1.807) is 41.2 Å². The minimum Gasteiger partial charge on any atom is -0.497 e. The van der Waals surface area contributed by atoms with Crippen molar-refractivity contribution in [2.75, 3.05) is 25.1 Å². The first-order valence-corrected chi connectivity index (χ1v) is 8.80. The Bertz CT molecular complexity index is 853. The maximum atomic E-state index is 13.0. The minimum atomic E-state index is -0.142. The zero-order chi connectivity index (χ0) is 18.8. The third kappa shape index (κ3) is 3.53. The summed E-state index contributed by atoms with van der Waals surface area (Å²) in [6, 6.07) is 12.4. The number of methoxy groups -OCH3 is 1. The van der Waals surface area contributed by atoms with Crippen molar-refractivity contribution in [3.05, 3.63) is 58.6 Å². The maximum Gasteiger partial charge on any atom is 0.254 e. The van der Waals surface area contributed by atoms with Gasteiger partial charge in [0, 0.05) is 28.9 Å². The monoisotopic (exact) mass is 372 g/mol. The first-order valence-electron chi connectivity index (χ1n) is 8.42. The van der Waals surface area contributed by atoms with Crippen molar-refractivity contribution in [1.82, 2.24) is 4.90 Å². The van der Waals surface area contributed by atoms with Gasteiger partial charge in [-0.15, -0.1) is 0 Å². The summed E-state index contributed by atoms with van der Waals surface area (Å²) in [5.74, 6) is 0.440. The minimum absolute atomic E-state index is 0.0397. The molecular formula is C20H21ClN2O3. The van der Waals surface area contributed by atoms with Crippen LogP contribution in [0, 0.1) is 6.92 Å². The SMILES string of the molecule is COc1ccc(C(=O)N2CC(=O)N(c3cccc(Cl)c3)C[C@@H]2C)c(C)c1. The number of aryl methyl sites for hydroxylation is 1. The largest absolute Gasteiger partial charge is 0.497 e. The molecule has 0 unspecified atom stereocenters. The van der Waals surface area contributed by atoms with Crippen molar-refractivity contribution in [2.24, 2.45) is 0 Å². The number of hydrogen-bond acceptors (Lipinski definition) is 3. The number of amides is 2. The van der Waals surface area contributed by atoms with Crippen molar-refractivity contribution in [1.29, 1.82) is 0 Å². The number of piperazine rings is 1. The van der Waals surface area contributed by atoms with Crippen molar-refractivity contribution >= 4 is 29.1 Å². The molecule has 136 valence electrons. The summed E-state index contributed by atoms with van der Waals surface area (Å²) in [5, 5.41) is 0.579. The van der Waals surface area contributed by atoms with Gasteiger partial charge in [-0.3, -0.25) is 9.59 Å². The lowest BCUT2D eigenvalue weighted by molar-refractivity contribution is -0.121. The smallest absolute Gasteiger partial charge is 0.254 e. The van der Waals surface area contributed by atoms with Crippen LogP contribution in [0.4, 0.5) is 5.69 Å². The quantitative estimate of drug-likeness (QED) is 0.828. The van der Waals surface area contributed by atoms with Gasteiger partial charge in [-0.25, -0.2) is 0 Å². The lowest BCUT2D eigenvalue weighted by Crippen LogP contribution is -2.57. The van der Waals surface area contributed by atoms with Gasteiger partial charge in [0.1, 0.15) is 12.3 Å². The maximum absolute atomic E-state index is 13.0. The summed E-state index contributed by atoms with van der Waals surface area (Å²) in [5.41, 5.74) is 2.16. The molecule has 1 saturated heterocycles. The third-order valence-corrected chi connectivity index (χ3v) is 4.87. The number of hydrogen-bond donors (Lipinski definition) is 0. The molecule has 2 aromatic rings. The van der Waals surface area contributed by atoms with Crippen LogP contribution >= 0.6 is 11.6 Å². The van der Waals surface area contributed by atoms with Gasteiger partial charge >= 0.3 is 0 Å². The topological polar surface area (TPSA) is 49.9 Å². The van der Waals surface area contributed by atoms with Crippen molar-refractivity contribution < 1.29 is 14.3 Å². The second-order valence-corrected chi connectivity index (χ2v) is 6.88. The van der Waals surface area contributed by atoms with Crippen LogP contribution < -0.4 is 9.64 Å². The predicted molar refractivity (Wildman–Crippen MR) is 102 cm³/mol. The van der Waals surface area contributed by atoms with Gasteiger partial charge in [0.15, 0.2) is 0 Å². The fourth-order valence-corrected chi connectivity index (χ4v) is 3.36. The molecule has 1 heterocycles. The van der Waals surface area contributed by atoms with Gasteiger partial charge in [-0.1, -0.05) is 17.7 Å². The molecule has 6 heteroatoms. The highest BCUT2D eigenvalue weighted by atomic mass is 35.5. The Kier molecular flexibility index (Phi) is 5.18. The molecule has 26 heavy (non-hydrogen) atoms. The Morgan fingerprint density at radius 2 is 2.00 bits per heavy atom. The van der Waals surface area contributed by atoms with Gasteiger partial charge in [0.25, 0.3) is 5.91 Å². The lowest BCUT2D eigenvalue weighted by atomic mass is 10.0. The van der Waals surface area contributed by atoms with E-state index in [-0.39, 0.29) is 24.4 Å². The Balaban J connectivity index is 1.81. The molecule has 0 N–H and O–H groups in total. The van der Waals surface area contributed by atoms with Gasteiger partial charge in [-0.05, 0) is 55.8 Å². The van der Waals surface area contributed by atoms with Crippen molar-refractivity contribution in [2.45, 2.75) is 19.9 Å².